The highest BCUT2D eigenvalue weighted by Gasteiger charge is 2.28. The molecule has 78 valence electrons. The summed E-state index contributed by atoms with van der Waals surface area (Å²) in [5.41, 5.74) is 0.323. The maximum atomic E-state index is 13.6. The van der Waals surface area contributed by atoms with Gasteiger partial charge in [0.15, 0.2) is 0 Å². The molecule has 0 aliphatic heterocycles. The summed E-state index contributed by atoms with van der Waals surface area (Å²) in [4.78, 5) is 0. The summed E-state index contributed by atoms with van der Waals surface area (Å²) in [6.07, 6.45) is -1.58. The zero-order valence-electron chi connectivity index (χ0n) is 7.52. The molecule has 0 spiro atoms. The van der Waals surface area contributed by atoms with Crippen molar-refractivity contribution < 1.29 is 12.8 Å². The Balaban J connectivity index is 2.92. The van der Waals surface area contributed by atoms with Crippen molar-refractivity contribution in [3.63, 3.8) is 0 Å². The maximum Gasteiger partial charge on any atom is 0.238 e. The number of hydrogen-bond donors (Lipinski definition) is 0. The molecule has 0 unspecified atom stereocenters. The Labute approximate surface area is 87.1 Å². The monoisotopic (exact) mass is 236 g/mol. The standard InChI is InChI=1S/C9H10ClFO2S/c1-7(14(10,12)13)9(11)8-5-3-2-4-6-8/h2-7,9H,1H3/t7-,9+/m1/s1. The third kappa shape index (κ3) is 2.69. The minimum absolute atomic E-state index is 0.323. The lowest BCUT2D eigenvalue weighted by Gasteiger charge is -2.13. The number of benzene rings is 1. The van der Waals surface area contributed by atoms with Gasteiger partial charge in [-0.1, -0.05) is 30.3 Å². The van der Waals surface area contributed by atoms with Crippen LogP contribution in [0, 0.1) is 0 Å². The van der Waals surface area contributed by atoms with Gasteiger partial charge in [0.05, 0.1) is 0 Å². The first-order valence-corrected chi connectivity index (χ1v) is 6.42. The molecule has 1 rings (SSSR count). The fourth-order valence-corrected chi connectivity index (χ4v) is 1.76. The topological polar surface area (TPSA) is 34.1 Å². The molecular formula is C9H10ClFO2S. The smallest absolute Gasteiger partial charge is 0.238 e. The van der Waals surface area contributed by atoms with Crippen LogP contribution in [0.4, 0.5) is 4.39 Å². The molecule has 2 nitrogen and oxygen atoms in total. The number of hydrogen-bond acceptors (Lipinski definition) is 2. The van der Waals surface area contributed by atoms with Gasteiger partial charge in [-0.25, -0.2) is 12.8 Å². The third-order valence-corrected chi connectivity index (χ3v) is 3.94. The lowest BCUT2D eigenvalue weighted by Crippen LogP contribution is -2.18. The minimum atomic E-state index is -3.85. The summed E-state index contributed by atoms with van der Waals surface area (Å²) < 4.78 is 35.3. The summed E-state index contributed by atoms with van der Waals surface area (Å²) in [7, 11) is 1.21. The van der Waals surface area contributed by atoms with Crippen LogP contribution in [0.1, 0.15) is 18.7 Å². The molecule has 2 atom stereocenters. The molecular weight excluding hydrogens is 227 g/mol. The first-order valence-electron chi connectivity index (χ1n) is 4.05. The second-order valence-corrected chi connectivity index (χ2v) is 5.98. The Kier molecular flexibility index (Phi) is 3.50. The Morgan fingerprint density at radius 1 is 1.29 bits per heavy atom. The van der Waals surface area contributed by atoms with Crippen molar-refractivity contribution in [2.45, 2.75) is 18.3 Å². The van der Waals surface area contributed by atoms with Crippen molar-refractivity contribution >= 4 is 19.7 Å². The summed E-state index contributed by atoms with van der Waals surface area (Å²) in [5, 5.41) is -1.23. The molecule has 0 aliphatic carbocycles. The van der Waals surface area contributed by atoms with Gasteiger partial charge in [0, 0.05) is 10.7 Å². The van der Waals surface area contributed by atoms with Gasteiger partial charge in [0.2, 0.25) is 9.05 Å². The fraction of sp³-hybridized carbons (Fsp3) is 0.333. The Bertz CT molecular complexity index is 391. The summed E-state index contributed by atoms with van der Waals surface area (Å²) in [5.74, 6) is 0. The first-order chi connectivity index (χ1) is 6.43. The molecule has 0 fully saturated rings. The second kappa shape index (κ2) is 4.28. The van der Waals surface area contributed by atoms with Crippen molar-refractivity contribution in [2.24, 2.45) is 0 Å². The predicted octanol–water partition coefficient (Wildman–Crippen LogP) is 2.65. The molecule has 0 bridgehead atoms. The average Bonchev–Trinajstić information content (AvgIpc) is 2.15. The molecule has 0 saturated carbocycles. The van der Waals surface area contributed by atoms with E-state index >= 15 is 0 Å². The summed E-state index contributed by atoms with van der Waals surface area (Å²) >= 11 is 0. The van der Waals surface area contributed by atoms with Gasteiger partial charge in [-0.2, -0.15) is 0 Å². The van der Waals surface area contributed by atoms with E-state index in [0.717, 1.165) is 0 Å². The largest absolute Gasteiger partial charge is 0.241 e. The van der Waals surface area contributed by atoms with Crippen LogP contribution in [-0.4, -0.2) is 13.7 Å². The molecule has 0 aromatic heterocycles. The third-order valence-electron chi connectivity index (χ3n) is 1.97. The van der Waals surface area contributed by atoms with Crippen molar-refractivity contribution in [3.05, 3.63) is 35.9 Å². The molecule has 1 aromatic carbocycles. The van der Waals surface area contributed by atoms with Crippen LogP contribution < -0.4 is 0 Å². The Hall–Kier alpha value is -0.610. The zero-order chi connectivity index (χ0) is 10.8. The highest BCUT2D eigenvalue weighted by molar-refractivity contribution is 8.14. The zero-order valence-corrected chi connectivity index (χ0v) is 9.09. The van der Waals surface area contributed by atoms with Crippen LogP contribution in [0.15, 0.2) is 30.3 Å². The van der Waals surface area contributed by atoms with E-state index < -0.39 is 20.5 Å². The fourth-order valence-electron chi connectivity index (χ4n) is 1.05. The molecule has 14 heavy (non-hydrogen) atoms. The minimum Gasteiger partial charge on any atom is -0.241 e. The second-order valence-electron chi connectivity index (χ2n) is 2.99. The van der Waals surface area contributed by atoms with Crippen LogP contribution in [0.5, 0.6) is 0 Å². The quantitative estimate of drug-likeness (QED) is 0.757. The molecule has 0 N–H and O–H groups in total. The average molecular weight is 237 g/mol. The highest BCUT2D eigenvalue weighted by Crippen LogP contribution is 2.27. The first kappa shape index (κ1) is 11.5. The number of rotatable bonds is 3. The van der Waals surface area contributed by atoms with E-state index in [-0.39, 0.29) is 0 Å². The van der Waals surface area contributed by atoms with E-state index in [1.165, 1.54) is 19.1 Å². The lowest BCUT2D eigenvalue weighted by molar-refractivity contribution is 0.336. The van der Waals surface area contributed by atoms with Crippen LogP contribution in [0.25, 0.3) is 0 Å². The Morgan fingerprint density at radius 2 is 1.79 bits per heavy atom. The van der Waals surface area contributed by atoms with Crippen LogP contribution in [-0.2, 0) is 9.05 Å². The van der Waals surface area contributed by atoms with Gasteiger partial charge in [0.25, 0.3) is 0 Å². The van der Waals surface area contributed by atoms with E-state index in [1.54, 1.807) is 18.2 Å². The van der Waals surface area contributed by atoms with Crippen molar-refractivity contribution in [1.82, 2.24) is 0 Å². The van der Waals surface area contributed by atoms with Gasteiger partial charge in [-0.15, -0.1) is 0 Å². The predicted molar refractivity (Wildman–Crippen MR) is 54.5 cm³/mol. The van der Waals surface area contributed by atoms with Gasteiger partial charge in [-0.05, 0) is 12.5 Å². The van der Waals surface area contributed by atoms with E-state index in [0.29, 0.717) is 5.56 Å². The molecule has 5 heteroatoms. The van der Waals surface area contributed by atoms with Gasteiger partial charge >= 0.3 is 0 Å². The van der Waals surface area contributed by atoms with Crippen molar-refractivity contribution in [2.75, 3.05) is 0 Å². The van der Waals surface area contributed by atoms with Crippen molar-refractivity contribution in [1.29, 1.82) is 0 Å². The van der Waals surface area contributed by atoms with Gasteiger partial charge < -0.3 is 0 Å². The van der Waals surface area contributed by atoms with E-state index in [2.05, 4.69) is 0 Å². The molecule has 0 amide bonds. The number of halogens is 2. The SMILES string of the molecule is C[C@H]([C@H](F)c1ccccc1)S(=O)(=O)Cl. The Morgan fingerprint density at radius 3 is 2.21 bits per heavy atom. The van der Waals surface area contributed by atoms with Crippen molar-refractivity contribution in [3.8, 4) is 0 Å². The maximum absolute atomic E-state index is 13.6. The summed E-state index contributed by atoms with van der Waals surface area (Å²) in [6, 6.07) is 8.09. The van der Waals surface area contributed by atoms with Gasteiger partial charge in [0.1, 0.15) is 11.4 Å². The van der Waals surface area contributed by atoms with E-state index in [9.17, 15) is 12.8 Å². The van der Waals surface area contributed by atoms with E-state index in [4.69, 9.17) is 10.7 Å². The number of alkyl halides is 1. The van der Waals surface area contributed by atoms with E-state index in [1.807, 2.05) is 0 Å². The van der Waals surface area contributed by atoms with Crippen LogP contribution >= 0.6 is 10.7 Å². The molecule has 1 aromatic rings. The van der Waals surface area contributed by atoms with Crippen LogP contribution in [0.2, 0.25) is 0 Å². The molecule has 0 saturated heterocycles. The summed E-state index contributed by atoms with van der Waals surface area (Å²) in [6.45, 7) is 1.25. The van der Waals surface area contributed by atoms with Gasteiger partial charge in [-0.3, -0.25) is 0 Å². The lowest BCUT2D eigenvalue weighted by atomic mass is 10.1. The van der Waals surface area contributed by atoms with Crippen LogP contribution in [0.3, 0.4) is 0 Å². The molecule has 0 radical (unpaired) electrons. The molecule has 0 aliphatic rings. The normalized spacial score (nSPS) is 16.2. The molecule has 0 heterocycles. The highest BCUT2D eigenvalue weighted by atomic mass is 35.7.